The molecule has 0 radical (unpaired) electrons. The van der Waals surface area contributed by atoms with Crippen LogP contribution in [0.2, 0.25) is 0 Å². The Morgan fingerprint density at radius 1 is 0.722 bits per heavy atom. The Bertz CT molecular complexity index is 2720. The summed E-state index contributed by atoms with van der Waals surface area (Å²) < 4.78 is 0.440. The molecule has 2 rings (SSSR count). The van der Waals surface area contributed by atoms with Gasteiger partial charge in [0.2, 0.25) is 35.1 Å². The van der Waals surface area contributed by atoms with Crippen LogP contribution in [0.25, 0.3) is 15.3 Å². The number of azide groups is 1. The lowest BCUT2D eigenvalue weighted by Crippen LogP contribution is -2.54. The molecule has 26 heteroatoms. The maximum Gasteiger partial charge on any atom is 0.303 e. The Kier molecular flexibility index (Phi) is 44.3. The Morgan fingerprint density at radius 3 is 1.69 bits per heavy atom. The summed E-state index contributed by atoms with van der Waals surface area (Å²) in [4.78, 5) is 88.6. The average Bonchev–Trinajstić information content (AvgIpc) is 0.813. The lowest BCUT2D eigenvalue weighted by Gasteiger charge is -2.36. The number of carbonyl (C=O) groups is 7. The van der Waals surface area contributed by atoms with Crippen LogP contribution in [0.5, 0.6) is 0 Å². The summed E-state index contributed by atoms with van der Waals surface area (Å²) in [5, 5.41) is 44.2. The van der Waals surface area contributed by atoms with Gasteiger partial charge in [-0.2, -0.15) is 5.26 Å². The summed E-state index contributed by atoms with van der Waals surface area (Å²) in [7, 11) is 0. The topological polar surface area (TPSA) is 375 Å². The molecule has 0 bridgehead atoms. The first-order valence-corrected chi connectivity index (χ1v) is 32.7. The van der Waals surface area contributed by atoms with E-state index in [4.69, 9.17) is 64.0 Å². The largest absolute Gasteiger partial charge is 0.481 e. The fourth-order valence-corrected chi connectivity index (χ4v) is 11.9. The van der Waals surface area contributed by atoms with E-state index in [-0.39, 0.29) is 91.9 Å². The van der Waals surface area contributed by atoms with Crippen LogP contribution in [0.15, 0.2) is 77.9 Å². The van der Waals surface area contributed by atoms with Gasteiger partial charge in [-0.05, 0) is 100 Å². The Hall–Kier alpha value is -6.48. The molecule has 500 valence electrons. The number of amides is 5. The third kappa shape index (κ3) is 37.6. The number of nitrogens with two attached hydrogens (primary N) is 3. The minimum absolute atomic E-state index is 0.0108. The number of carbonyl (C=O) groups excluding carboxylic acids is 5. The molecular formula is C64H101N13O9S4. The van der Waals surface area contributed by atoms with E-state index in [0.29, 0.717) is 59.2 Å². The van der Waals surface area contributed by atoms with Crippen LogP contribution in [-0.2, 0) is 33.6 Å². The number of hydrogen-bond donors (Lipinski definition) is 10. The number of hydrogen-bond acceptors (Lipinski definition) is 16. The molecule has 0 aliphatic heterocycles. The van der Waals surface area contributed by atoms with Crippen molar-refractivity contribution in [1.29, 1.82) is 5.26 Å². The molecule has 0 heterocycles. The van der Waals surface area contributed by atoms with E-state index in [2.05, 4.69) is 88.7 Å². The van der Waals surface area contributed by atoms with Crippen LogP contribution in [0.1, 0.15) is 157 Å². The zero-order valence-electron chi connectivity index (χ0n) is 54.5. The molecule has 0 aromatic heterocycles. The highest BCUT2D eigenvalue weighted by Gasteiger charge is 2.56. The molecule has 0 saturated heterocycles. The zero-order chi connectivity index (χ0) is 69.0. The van der Waals surface area contributed by atoms with Gasteiger partial charge in [0.25, 0.3) is 0 Å². The molecule has 0 fully saturated rings. The van der Waals surface area contributed by atoms with Crippen LogP contribution in [0.3, 0.4) is 0 Å². The third-order valence-corrected chi connectivity index (χ3v) is 17.4. The average molecular weight is 1320 g/mol. The van der Waals surface area contributed by atoms with Gasteiger partial charge in [0.05, 0.1) is 20.9 Å². The van der Waals surface area contributed by atoms with Crippen molar-refractivity contribution in [1.82, 2.24) is 26.6 Å². The first-order valence-electron chi connectivity index (χ1n) is 30.1. The summed E-state index contributed by atoms with van der Waals surface area (Å²) in [6, 6.07) is 21.0. The van der Waals surface area contributed by atoms with Gasteiger partial charge in [0.15, 0.2) is 0 Å². The lowest BCUT2D eigenvalue weighted by atomic mass is 9.70. The van der Waals surface area contributed by atoms with Crippen molar-refractivity contribution in [2.45, 2.75) is 157 Å². The number of thioether (sulfide) groups is 2. The van der Waals surface area contributed by atoms with Crippen molar-refractivity contribution in [3.05, 3.63) is 106 Å². The van der Waals surface area contributed by atoms with E-state index in [9.17, 15) is 38.8 Å². The van der Waals surface area contributed by atoms with Crippen molar-refractivity contribution < 1.29 is 43.8 Å². The molecule has 0 saturated carbocycles. The number of nitrogens with one attached hydrogen (secondary N) is 5. The highest BCUT2D eigenvalue weighted by molar-refractivity contribution is 8.24. The molecule has 0 spiro atoms. The number of carboxylic acids is 2. The fraction of sp³-hybridized carbons (Fsp3) is 0.609. The van der Waals surface area contributed by atoms with Gasteiger partial charge >= 0.3 is 11.9 Å². The highest BCUT2D eigenvalue weighted by Crippen LogP contribution is 2.43. The van der Waals surface area contributed by atoms with Gasteiger partial charge in [-0.3, -0.25) is 33.6 Å². The van der Waals surface area contributed by atoms with Gasteiger partial charge in [0, 0.05) is 99.7 Å². The zero-order valence-corrected chi connectivity index (χ0v) is 57.8. The summed E-state index contributed by atoms with van der Waals surface area (Å²) in [6.45, 7) is 33.9. The van der Waals surface area contributed by atoms with Gasteiger partial charge < -0.3 is 58.8 Å². The molecule has 13 N–H and O–H groups in total. The first kappa shape index (κ1) is 85.6. The second kappa shape index (κ2) is 46.6. The molecule has 90 heavy (non-hydrogen) atoms. The second-order valence-corrected chi connectivity index (χ2v) is 27.9. The number of aliphatic carboxylic acids is 2. The van der Waals surface area contributed by atoms with Crippen molar-refractivity contribution >= 4 is 97.8 Å². The quantitative estimate of drug-likeness (QED) is 0.00572. The Morgan fingerprint density at radius 2 is 1.22 bits per heavy atom. The van der Waals surface area contributed by atoms with E-state index in [1.807, 2.05) is 67.6 Å². The smallest absolute Gasteiger partial charge is 0.303 e. The highest BCUT2D eigenvalue weighted by atomic mass is 32.2. The van der Waals surface area contributed by atoms with Crippen LogP contribution >= 0.6 is 48.0 Å². The number of rotatable bonds is 37. The number of nitrogens with zero attached hydrogens (tertiary/aromatic N) is 5. The van der Waals surface area contributed by atoms with Gasteiger partial charge in [0.1, 0.15) is 16.7 Å². The van der Waals surface area contributed by atoms with Crippen molar-refractivity contribution in [3.8, 4) is 6.07 Å². The van der Waals surface area contributed by atoms with Crippen LogP contribution in [0.4, 0.5) is 0 Å². The minimum Gasteiger partial charge on any atom is -0.481 e. The van der Waals surface area contributed by atoms with Crippen LogP contribution in [-0.4, -0.2) is 135 Å². The number of carboxylic acid groups (broad SMARTS) is 2. The van der Waals surface area contributed by atoms with Crippen molar-refractivity contribution in [3.63, 3.8) is 0 Å². The monoisotopic (exact) mass is 1320 g/mol. The molecular weight excluding hydrogens is 1220 g/mol. The van der Waals surface area contributed by atoms with Crippen molar-refractivity contribution in [2.24, 2.45) is 50.4 Å². The molecule has 2 aromatic carbocycles. The summed E-state index contributed by atoms with van der Waals surface area (Å²) >= 11 is 13.3. The number of thiocarbonyl (C=S) groups is 2. The molecule has 22 nitrogen and oxygen atoms in total. The number of benzene rings is 2. The number of unbranched alkanes of at least 4 members (excludes halogenated alkanes) is 2. The predicted octanol–water partition coefficient (Wildman–Crippen LogP) is 9.65. The normalized spacial score (nSPS) is 13.6. The van der Waals surface area contributed by atoms with E-state index < -0.39 is 33.1 Å². The molecule has 5 unspecified atom stereocenters. The fourth-order valence-electron chi connectivity index (χ4n) is 8.85. The summed E-state index contributed by atoms with van der Waals surface area (Å²) in [5.41, 5.74) is 23.9. The lowest BCUT2D eigenvalue weighted by molar-refractivity contribution is -0.139. The Balaban J connectivity index is 0. The SMILES string of the molecule is C=C(C)C(=O)NCCN.CC(C#N)(CCC(=O)O)SC(=S)c1ccccc1.CC(C)CC(CCCC(C)(CC(C)(C)C)C(=O)NCCN)C(=O)NCCCCCNC(=O)CN=[N+]=[N-].[C-]#[N+]C(C)(CCC(=O)O)C(C)(CSC(=S)c1ccccc1)C(=O)NCCN. The summed E-state index contributed by atoms with van der Waals surface area (Å²) in [6.07, 6.45) is 6.50. The van der Waals surface area contributed by atoms with Gasteiger partial charge in [-0.15, -0.1) is 11.8 Å². The van der Waals surface area contributed by atoms with Gasteiger partial charge in [-0.1, -0.05) is 157 Å². The van der Waals surface area contributed by atoms with E-state index in [0.717, 1.165) is 62.5 Å². The van der Waals surface area contributed by atoms with Crippen molar-refractivity contribution in [2.75, 3.05) is 64.7 Å². The molecule has 5 atom stereocenters. The third-order valence-electron chi connectivity index (χ3n) is 13.9. The maximum absolute atomic E-state index is 12.9. The minimum atomic E-state index is -1.19. The standard InChI is InChI=1S/C26H51N7O3.C19H25N3O3S2.C13H13NO2S2.C6H12N2O/c1-20(2)17-21(23(35)30-15-9-7-8-14-29-22(34)18-32-33-28)11-10-12-26(6,19-25(3,4)5)24(36)31-16-13-27;1-18(17(25)22-12-11-20,19(2,21-3)10-9-15(23)24)13-27-16(26)14-7-5-4-6-8-14;1-13(9-14,8-7-11(15)16)18-12(17)10-5-3-2-4-6-10;1-5(2)6(9)8-4-3-7/h20-21H,7-19,27H2,1-6H3,(H,29,34)(H,30,35)(H,31,36);4-8H,9-13,20H2,1-2H3,(H,22,25)(H,23,24);2-6H,7-8H2,1H3,(H,15,16);1,3-4,7H2,2H3,(H,8,9). The number of nitriles is 1. The summed E-state index contributed by atoms with van der Waals surface area (Å²) in [5.74, 6) is -1.91. The van der Waals surface area contributed by atoms with Crippen LogP contribution < -0.4 is 43.8 Å². The second-order valence-electron chi connectivity index (χ2n) is 24.1. The molecule has 0 aliphatic rings. The van der Waals surface area contributed by atoms with Crippen LogP contribution in [0, 0.1) is 46.0 Å². The van der Waals surface area contributed by atoms with E-state index in [1.54, 1.807) is 27.7 Å². The predicted molar refractivity (Wildman–Crippen MR) is 371 cm³/mol. The maximum atomic E-state index is 12.9. The van der Waals surface area contributed by atoms with E-state index in [1.165, 1.54) is 23.5 Å². The van der Waals surface area contributed by atoms with Gasteiger partial charge in [-0.25, -0.2) is 6.57 Å². The molecule has 0 aliphatic carbocycles. The first-order chi connectivity index (χ1) is 42.2. The Labute approximate surface area is 553 Å². The molecule has 2 aromatic rings. The molecule has 5 amide bonds. The van der Waals surface area contributed by atoms with E-state index >= 15 is 0 Å².